The third kappa shape index (κ3) is 5.50. The number of piperidine rings is 1. The molecule has 1 N–H and O–H groups in total. The van der Waals surface area contributed by atoms with Crippen LogP contribution in [-0.4, -0.2) is 52.2 Å². The van der Waals surface area contributed by atoms with Crippen molar-refractivity contribution < 1.29 is 18.0 Å². The number of carbonyl (C=O) groups is 1. The maximum atomic E-state index is 14.0. The quantitative estimate of drug-likeness (QED) is 0.558. The number of aromatic nitrogens is 2. The molecule has 1 amide bonds. The highest BCUT2D eigenvalue weighted by molar-refractivity contribution is 5.92. The standard InChI is InChI=1S/C26H29F3N4O/c1-32-17-22(31-19-32)24(34)30-18-25(21-10-6-3-7-11-21)12-14-33(15-13-25)23(26(27,28)29)16-20-8-4-2-5-9-20/h2-11,17,19,23H,12-16,18H2,1H3,(H,30,34). The molecule has 1 saturated heterocycles. The summed E-state index contributed by atoms with van der Waals surface area (Å²) < 4.78 is 43.8. The number of carbonyl (C=O) groups excluding carboxylic acids is 1. The van der Waals surface area contributed by atoms with E-state index in [9.17, 15) is 18.0 Å². The Morgan fingerprint density at radius 1 is 1.06 bits per heavy atom. The fourth-order valence-electron chi connectivity index (χ4n) is 4.78. The van der Waals surface area contributed by atoms with Gasteiger partial charge in [-0.25, -0.2) is 4.98 Å². The molecule has 0 bridgehead atoms. The number of nitrogens with one attached hydrogen (secondary N) is 1. The Morgan fingerprint density at radius 3 is 2.24 bits per heavy atom. The van der Waals surface area contributed by atoms with E-state index in [1.807, 2.05) is 30.3 Å². The second-order valence-corrected chi connectivity index (χ2v) is 9.04. The largest absolute Gasteiger partial charge is 0.404 e. The van der Waals surface area contributed by atoms with Crippen LogP contribution in [0.2, 0.25) is 0 Å². The van der Waals surface area contributed by atoms with Crippen molar-refractivity contribution in [1.29, 1.82) is 0 Å². The first kappa shape index (κ1) is 24.0. The molecule has 0 saturated carbocycles. The van der Waals surface area contributed by atoms with Gasteiger partial charge >= 0.3 is 6.18 Å². The SMILES string of the molecule is Cn1cnc(C(=O)NCC2(c3ccccc3)CCN(C(Cc3ccccc3)C(F)(F)F)CC2)c1. The van der Waals surface area contributed by atoms with E-state index in [4.69, 9.17) is 0 Å². The van der Waals surface area contributed by atoms with E-state index in [-0.39, 0.29) is 12.3 Å². The van der Waals surface area contributed by atoms with Crippen LogP contribution >= 0.6 is 0 Å². The summed E-state index contributed by atoms with van der Waals surface area (Å²) in [5.41, 5.74) is 1.59. The first-order valence-electron chi connectivity index (χ1n) is 11.4. The number of hydrogen-bond donors (Lipinski definition) is 1. The summed E-state index contributed by atoms with van der Waals surface area (Å²) >= 11 is 0. The molecule has 5 nitrogen and oxygen atoms in total. The van der Waals surface area contributed by atoms with Gasteiger partial charge in [-0.3, -0.25) is 9.69 Å². The summed E-state index contributed by atoms with van der Waals surface area (Å²) in [4.78, 5) is 18.3. The van der Waals surface area contributed by atoms with Crippen molar-refractivity contribution in [2.24, 2.45) is 7.05 Å². The monoisotopic (exact) mass is 470 g/mol. The maximum absolute atomic E-state index is 14.0. The van der Waals surface area contributed by atoms with Crippen molar-refractivity contribution in [3.05, 3.63) is 90.0 Å². The molecule has 1 atom stereocenters. The van der Waals surface area contributed by atoms with Gasteiger partial charge in [-0.15, -0.1) is 0 Å². The van der Waals surface area contributed by atoms with E-state index < -0.39 is 17.6 Å². The minimum atomic E-state index is -4.32. The van der Waals surface area contributed by atoms with Gasteiger partial charge in [-0.05, 0) is 43.5 Å². The zero-order valence-corrected chi connectivity index (χ0v) is 19.1. The van der Waals surface area contributed by atoms with Crippen LogP contribution in [-0.2, 0) is 18.9 Å². The number of benzene rings is 2. The lowest BCUT2D eigenvalue weighted by Gasteiger charge is -2.45. The van der Waals surface area contributed by atoms with E-state index >= 15 is 0 Å². The molecule has 1 unspecified atom stereocenters. The fourth-order valence-corrected chi connectivity index (χ4v) is 4.78. The van der Waals surface area contributed by atoms with Gasteiger partial charge in [0.05, 0.1) is 6.33 Å². The van der Waals surface area contributed by atoms with Gasteiger partial charge in [0.1, 0.15) is 11.7 Å². The number of aryl methyl sites for hydroxylation is 1. The highest BCUT2D eigenvalue weighted by Crippen LogP contribution is 2.38. The predicted molar refractivity (Wildman–Crippen MR) is 124 cm³/mol. The van der Waals surface area contributed by atoms with Gasteiger partial charge in [0.2, 0.25) is 0 Å². The summed E-state index contributed by atoms with van der Waals surface area (Å²) in [6.45, 7) is 0.937. The lowest BCUT2D eigenvalue weighted by molar-refractivity contribution is -0.187. The van der Waals surface area contributed by atoms with Crippen LogP contribution in [0.4, 0.5) is 13.2 Å². The molecule has 8 heteroatoms. The summed E-state index contributed by atoms with van der Waals surface area (Å²) in [6, 6.07) is 17.0. The molecule has 0 spiro atoms. The second kappa shape index (κ2) is 10.0. The smallest absolute Gasteiger partial charge is 0.350 e. The number of nitrogens with zero attached hydrogens (tertiary/aromatic N) is 3. The van der Waals surface area contributed by atoms with Gasteiger partial charge in [-0.1, -0.05) is 60.7 Å². The first-order chi connectivity index (χ1) is 16.3. The van der Waals surface area contributed by atoms with Gasteiger partial charge in [0.25, 0.3) is 5.91 Å². The summed E-state index contributed by atoms with van der Waals surface area (Å²) in [5, 5.41) is 2.98. The Morgan fingerprint density at radius 2 is 1.68 bits per heavy atom. The molecular weight excluding hydrogens is 441 g/mol. The predicted octanol–water partition coefficient (Wildman–Crippen LogP) is 4.36. The number of imidazole rings is 1. The molecular formula is C26H29F3N4O. The number of likely N-dealkylation sites (tertiary alicyclic amines) is 1. The Bertz CT molecular complexity index is 1070. The minimum absolute atomic E-state index is 0.0703. The first-order valence-corrected chi connectivity index (χ1v) is 11.4. The second-order valence-electron chi connectivity index (χ2n) is 9.04. The fraction of sp³-hybridized carbons (Fsp3) is 0.385. The number of halogens is 3. The zero-order chi connectivity index (χ0) is 24.2. The number of amides is 1. The Kier molecular flexibility index (Phi) is 7.07. The average Bonchev–Trinajstić information content (AvgIpc) is 3.28. The topological polar surface area (TPSA) is 50.2 Å². The highest BCUT2D eigenvalue weighted by Gasteiger charge is 2.46. The molecule has 0 radical (unpaired) electrons. The van der Waals surface area contributed by atoms with Gasteiger partial charge in [0.15, 0.2) is 0 Å². The van der Waals surface area contributed by atoms with Gasteiger partial charge < -0.3 is 9.88 Å². The number of hydrogen-bond acceptors (Lipinski definition) is 3. The zero-order valence-electron chi connectivity index (χ0n) is 19.1. The van der Waals surface area contributed by atoms with Crippen molar-refractivity contribution in [2.75, 3.05) is 19.6 Å². The summed E-state index contributed by atoms with van der Waals surface area (Å²) in [5.74, 6) is -0.282. The van der Waals surface area contributed by atoms with Gasteiger partial charge in [0, 0.05) is 25.2 Å². The number of rotatable bonds is 7. The lowest BCUT2D eigenvalue weighted by atomic mass is 9.72. The molecule has 1 fully saturated rings. The molecule has 0 aliphatic carbocycles. The maximum Gasteiger partial charge on any atom is 0.404 e. The molecule has 4 rings (SSSR count). The summed E-state index contributed by atoms with van der Waals surface area (Å²) in [6.07, 6.45) is -0.161. The highest BCUT2D eigenvalue weighted by atomic mass is 19.4. The van der Waals surface area contributed by atoms with Crippen LogP contribution in [0.5, 0.6) is 0 Å². The van der Waals surface area contributed by atoms with Crippen molar-refractivity contribution in [1.82, 2.24) is 19.8 Å². The lowest BCUT2D eigenvalue weighted by Crippen LogP contribution is -2.55. The Hall–Kier alpha value is -3.13. The van der Waals surface area contributed by atoms with Crippen molar-refractivity contribution in [2.45, 2.75) is 36.9 Å². The summed E-state index contributed by atoms with van der Waals surface area (Å²) in [7, 11) is 1.79. The molecule has 2 aromatic carbocycles. The molecule has 1 aliphatic rings. The Labute approximate surface area is 197 Å². The van der Waals surface area contributed by atoms with Crippen LogP contribution in [0.25, 0.3) is 0 Å². The van der Waals surface area contributed by atoms with E-state index in [1.165, 1.54) is 0 Å². The molecule has 1 aromatic heterocycles. The molecule has 34 heavy (non-hydrogen) atoms. The molecule has 3 aromatic rings. The molecule has 2 heterocycles. The Balaban J connectivity index is 1.51. The van der Waals surface area contributed by atoms with E-state index in [2.05, 4.69) is 10.3 Å². The number of alkyl halides is 3. The third-order valence-electron chi connectivity index (χ3n) is 6.76. The van der Waals surface area contributed by atoms with E-state index in [0.717, 1.165) is 5.56 Å². The van der Waals surface area contributed by atoms with Crippen molar-refractivity contribution >= 4 is 5.91 Å². The third-order valence-corrected chi connectivity index (χ3v) is 6.76. The van der Waals surface area contributed by atoms with E-state index in [1.54, 1.807) is 59.4 Å². The molecule has 180 valence electrons. The van der Waals surface area contributed by atoms with Gasteiger partial charge in [-0.2, -0.15) is 13.2 Å². The van der Waals surface area contributed by atoms with E-state index in [0.29, 0.717) is 43.7 Å². The minimum Gasteiger partial charge on any atom is -0.350 e. The van der Waals surface area contributed by atoms with Crippen LogP contribution in [0, 0.1) is 0 Å². The normalized spacial score (nSPS) is 17.3. The van der Waals surface area contributed by atoms with Crippen molar-refractivity contribution in [3.63, 3.8) is 0 Å². The van der Waals surface area contributed by atoms with Crippen LogP contribution in [0.1, 0.15) is 34.5 Å². The average molecular weight is 471 g/mol. The molecule has 1 aliphatic heterocycles. The van der Waals surface area contributed by atoms with Crippen molar-refractivity contribution in [3.8, 4) is 0 Å². The van der Waals surface area contributed by atoms with Crippen LogP contribution in [0.3, 0.4) is 0 Å². The van der Waals surface area contributed by atoms with Crippen LogP contribution in [0.15, 0.2) is 73.2 Å². The van der Waals surface area contributed by atoms with Crippen LogP contribution < -0.4 is 5.32 Å².